The number of nitrogens with one attached hydrogen (secondary N) is 2. The van der Waals surface area contributed by atoms with Gasteiger partial charge in [-0.25, -0.2) is 19.7 Å². The number of imidazole rings is 1. The molecular weight excluding hydrogens is 234 g/mol. The number of H-pyrrole nitrogens is 1. The van der Waals surface area contributed by atoms with E-state index in [1.54, 1.807) is 0 Å². The number of nitrogens with zero attached hydrogens (tertiary/aromatic N) is 3. The first kappa shape index (κ1) is 10.6. The zero-order valence-corrected chi connectivity index (χ0v) is 8.86. The van der Waals surface area contributed by atoms with Crippen molar-refractivity contribution in [2.45, 2.75) is 0 Å². The minimum Gasteiger partial charge on any atom is -0.448 e. The van der Waals surface area contributed by atoms with Crippen LogP contribution in [-0.2, 0) is 4.74 Å². The van der Waals surface area contributed by atoms with E-state index in [0.29, 0.717) is 17.0 Å². The summed E-state index contributed by atoms with van der Waals surface area (Å²) in [4.78, 5) is 25.8. The van der Waals surface area contributed by atoms with Crippen LogP contribution in [0.4, 0.5) is 10.6 Å². The normalized spacial score (nSPS) is 10.3. The van der Waals surface area contributed by atoms with Crippen LogP contribution < -0.4 is 5.32 Å². The Morgan fingerprint density at radius 2 is 2.38 bits per heavy atom. The Balaban J connectivity index is 2.14. The van der Waals surface area contributed by atoms with Crippen molar-refractivity contribution >= 4 is 34.7 Å². The summed E-state index contributed by atoms with van der Waals surface area (Å²) in [5.41, 5.74) is 1.02. The van der Waals surface area contributed by atoms with Gasteiger partial charge in [0.15, 0.2) is 11.5 Å². The highest BCUT2D eigenvalue weighted by molar-refractivity contribution is 6.18. The molecule has 0 bridgehead atoms. The van der Waals surface area contributed by atoms with E-state index < -0.39 is 6.09 Å². The topological polar surface area (TPSA) is 92.8 Å². The molecule has 0 aliphatic rings. The van der Waals surface area contributed by atoms with Crippen LogP contribution in [0, 0.1) is 0 Å². The van der Waals surface area contributed by atoms with Gasteiger partial charge in [0.05, 0.1) is 12.2 Å². The maximum Gasteiger partial charge on any atom is 0.412 e. The van der Waals surface area contributed by atoms with Crippen LogP contribution in [0.5, 0.6) is 0 Å². The number of aromatic nitrogens is 4. The molecule has 0 aliphatic carbocycles. The molecule has 2 aromatic heterocycles. The molecule has 0 fully saturated rings. The van der Waals surface area contributed by atoms with E-state index in [-0.39, 0.29) is 12.5 Å². The number of rotatable bonds is 3. The van der Waals surface area contributed by atoms with Crippen molar-refractivity contribution in [3.8, 4) is 0 Å². The van der Waals surface area contributed by atoms with Crippen molar-refractivity contribution in [3.63, 3.8) is 0 Å². The highest BCUT2D eigenvalue weighted by Gasteiger charge is 2.09. The summed E-state index contributed by atoms with van der Waals surface area (Å²) in [5, 5.41) is 2.46. The van der Waals surface area contributed by atoms with Gasteiger partial charge in [-0.1, -0.05) is 0 Å². The standard InChI is InChI=1S/C8H8ClN5O2/c9-1-2-16-8(15)14-7-5-6(11-3-10-5)12-4-13-7/h3-4H,1-2H2,(H2,10,11,12,13,14,15). The van der Waals surface area contributed by atoms with E-state index in [1.165, 1.54) is 12.7 Å². The first-order valence-electron chi connectivity index (χ1n) is 4.45. The van der Waals surface area contributed by atoms with Crippen LogP contribution in [0.15, 0.2) is 12.7 Å². The molecule has 84 valence electrons. The number of ether oxygens (including phenoxy) is 1. The molecule has 2 N–H and O–H groups in total. The van der Waals surface area contributed by atoms with Crippen molar-refractivity contribution in [3.05, 3.63) is 12.7 Å². The lowest BCUT2D eigenvalue weighted by molar-refractivity contribution is 0.168. The molecule has 1 amide bonds. The third-order valence-corrected chi connectivity index (χ3v) is 1.91. The van der Waals surface area contributed by atoms with Crippen LogP contribution in [0.3, 0.4) is 0 Å². The lowest BCUT2D eigenvalue weighted by Gasteiger charge is -2.04. The Bertz CT molecular complexity index is 500. The maximum atomic E-state index is 11.3. The number of hydrogen-bond acceptors (Lipinski definition) is 5. The summed E-state index contributed by atoms with van der Waals surface area (Å²) < 4.78 is 4.74. The van der Waals surface area contributed by atoms with Gasteiger partial charge in [-0.05, 0) is 0 Å². The van der Waals surface area contributed by atoms with Crippen molar-refractivity contribution in [2.24, 2.45) is 0 Å². The van der Waals surface area contributed by atoms with Crippen LogP contribution in [0.2, 0.25) is 0 Å². The molecule has 0 spiro atoms. The van der Waals surface area contributed by atoms with Crippen molar-refractivity contribution in [2.75, 3.05) is 17.8 Å². The minimum absolute atomic E-state index is 0.143. The molecule has 0 unspecified atom stereocenters. The van der Waals surface area contributed by atoms with Crippen LogP contribution in [0.1, 0.15) is 0 Å². The number of anilines is 1. The second-order valence-corrected chi connectivity index (χ2v) is 3.15. The van der Waals surface area contributed by atoms with E-state index in [9.17, 15) is 4.79 Å². The van der Waals surface area contributed by atoms with E-state index in [1.807, 2.05) is 0 Å². The molecule has 2 heterocycles. The first-order valence-corrected chi connectivity index (χ1v) is 4.98. The fourth-order valence-corrected chi connectivity index (χ4v) is 1.20. The summed E-state index contributed by atoms with van der Waals surface area (Å²) in [6.45, 7) is 0.143. The van der Waals surface area contributed by atoms with Gasteiger partial charge in [0.25, 0.3) is 0 Å². The molecule has 0 saturated heterocycles. The van der Waals surface area contributed by atoms with Gasteiger partial charge in [-0.3, -0.25) is 5.32 Å². The van der Waals surface area contributed by atoms with Gasteiger partial charge in [-0.15, -0.1) is 11.6 Å². The molecule has 0 aliphatic heterocycles. The second-order valence-electron chi connectivity index (χ2n) is 2.77. The number of carbonyl (C=O) groups excluding carboxylic acids is 1. The molecular formula is C8H8ClN5O2. The number of aromatic amines is 1. The molecule has 0 saturated carbocycles. The summed E-state index contributed by atoms with van der Waals surface area (Å²) >= 11 is 5.38. The fraction of sp³-hybridized carbons (Fsp3) is 0.250. The van der Waals surface area contributed by atoms with Crippen molar-refractivity contribution < 1.29 is 9.53 Å². The van der Waals surface area contributed by atoms with E-state index in [4.69, 9.17) is 16.3 Å². The second kappa shape index (κ2) is 4.75. The van der Waals surface area contributed by atoms with Gasteiger partial charge in [0.2, 0.25) is 0 Å². The smallest absolute Gasteiger partial charge is 0.412 e. The quantitative estimate of drug-likeness (QED) is 0.786. The largest absolute Gasteiger partial charge is 0.448 e. The Morgan fingerprint density at radius 3 is 3.19 bits per heavy atom. The Kier molecular flexibility index (Phi) is 3.16. The van der Waals surface area contributed by atoms with Crippen LogP contribution in [0.25, 0.3) is 11.2 Å². The zero-order chi connectivity index (χ0) is 11.4. The SMILES string of the molecule is O=C(Nc1ncnc2nc[nH]c12)OCCCl. The van der Waals surface area contributed by atoms with Gasteiger partial charge in [-0.2, -0.15) is 0 Å². The van der Waals surface area contributed by atoms with Gasteiger partial charge in [0, 0.05) is 0 Å². The third kappa shape index (κ3) is 2.19. The molecule has 0 aromatic carbocycles. The lowest BCUT2D eigenvalue weighted by atomic mass is 10.5. The number of fused-ring (bicyclic) bond motifs is 1. The minimum atomic E-state index is -0.616. The van der Waals surface area contributed by atoms with Gasteiger partial charge < -0.3 is 9.72 Å². The molecule has 16 heavy (non-hydrogen) atoms. The number of carbonyl (C=O) groups is 1. The molecule has 0 radical (unpaired) electrons. The van der Waals surface area contributed by atoms with Crippen molar-refractivity contribution in [1.29, 1.82) is 0 Å². The lowest BCUT2D eigenvalue weighted by Crippen LogP contribution is -2.16. The van der Waals surface area contributed by atoms with Gasteiger partial charge >= 0.3 is 6.09 Å². The Labute approximate surface area is 95.2 Å². The summed E-state index contributed by atoms with van der Waals surface area (Å²) in [7, 11) is 0. The van der Waals surface area contributed by atoms with E-state index in [2.05, 4.69) is 25.3 Å². The zero-order valence-electron chi connectivity index (χ0n) is 8.11. The number of amides is 1. The number of alkyl halides is 1. The highest BCUT2D eigenvalue weighted by Crippen LogP contribution is 2.14. The van der Waals surface area contributed by atoms with E-state index in [0.717, 1.165) is 0 Å². The molecule has 7 nitrogen and oxygen atoms in total. The maximum absolute atomic E-state index is 11.3. The molecule has 2 aromatic rings. The first-order chi connectivity index (χ1) is 7.81. The highest BCUT2D eigenvalue weighted by atomic mass is 35.5. The summed E-state index contributed by atoms with van der Waals surface area (Å²) in [5.74, 6) is 0.568. The number of halogens is 1. The van der Waals surface area contributed by atoms with Crippen LogP contribution >= 0.6 is 11.6 Å². The van der Waals surface area contributed by atoms with Crippen molar-refractivity contribution in [1.82, 2.24) is 19.9 Å². The molecule has 0 atom stereocenters. The average molecular weight is 242 g/mol. The molecule has 2 rings (SSSR count). The monoisotopic (exact) mass is 241 g/mol. The average Bonchev–Trinajstić information content (AvgIpc) is 2.75. The summed E-state index contributed by atoms with van der Waals surface area (Å²) in [6, 6.07) is 0. The fourth-order valence-electron chi connectivity index (χ4n) is 1.12. The molecule has 8 heteroatoms. The Morgan fingerprint density at radius 1 is 1.50 bits per heavy atom. The Hall–Kier alpha value is -1.89. The van der Waals surface area contributed by atoms with E-state index >= 15 is 0 Å². The number of hydrogen-bond donors (Lipinski definition) is 2. The third-order valence-electron chi connectivity index (χ3n) is 1.75. The predicted molar refractivity (Wildman–Crippen MR) is 57.4 cm³/mol. The summed E-state index contributed by atoms with van der Waals surface area (Å²) in [6.07, 6.45) is 2.16. The van der Waals surface area contributed by atoms with Gasteiger partial charge in [0.1, 0.15) is 18.5 Å². The van der Waals surface area contributed by atoms with Crippen LogP contribution in [-0.4, -0.2) is 38.5 Å². The predicted octanol–water partition coefficient (Wildman–Crippen LogP) is 1.14.